The van der Waals surface area contributed by atoms with E-state index in [2.05, 4.69) is 37.2 Å². The van der Waals surface area contributed by atoms with Crippen LogP contribution in [0.15, 0.2) is 53.3 Å². The second-order valence-electron chi connectivity index (χ2n) is 6.09. The van der Waals surface area contributed by atoms with Gasteiger partial charge in [0, 0.05) is 31.7 Å². The lowest BCUT2D eigenvalue weighted by molar-refractivity contribution is 0.186. The normalized spacial score (nSPS) is 18.6. The highest BCUT2D eigenvalue weighted by atomic mass is 16.4. The molecule has 0 spiro atoms. The highest BCUT2D eigenvalue weighted by Crippen LogP contribution is 2.28. The fraction of sp³-hybridized carbons (Fsp3) is 0.333. The molecule has 3 aromatic rings. The number of rotatable bonds is 4. The zero-order valence-corrected chi connectivity index (χ0v) is 13.4. The zero-order valence-electron chi connectivity index (χ0n) is 13.4. The van der Waals surface area contributed by atoms with Gasteiger partial charge in [0.25, 0.3) is 5.89 Å². The van der Waals surface area contributed by atoms with Crippen LogP contribution in [-0.2, 0) is 6.54 Å². The van der Waals surface area contributed by atoms with Crippen LogP contribution >= 0.6 is 0 Å². The molecule has 4 heterocycles. The Kier molecular flexibility index (Phi) is 4.29. The van der Waals surface area contributed by atoms with Crippen molar-refractivity contribution in [1.29, 1.82) is 0 Å². The van der Waals surface area contributed by atoms with E-state index in [0.29, 0.717) is 5.89 Å². The van der Waals surface area contributed by atoms with Crippen LogP contribution in [0, 0.1) is 0 Å². The van der Waals surface area contributed by atoms with Gasteiger partial charge in [0.05, 0.1) is 5.92 Å². The molecule has 1 saturated heterocycles. The van der Waals surface area contributed by atoms with Gasteiger partial charge in [-0.3, -0.25) is 14.9 Å². The van der Waals surface area contributed by atoms with Crippen molar-refractivity contribution in [2.45, 2.75) is 25.3 Å². The van der Waals surface area contributed by atoms with Crippen molar-refractivity contribution >= 4 is 0 Å². The summed E-state index contributed by atoms with van der Waals surface area (Å²) in [7, 11) is 0. The predicted octanol–water partition coefficient (Wildman–Crippen LogP) is 2.91. The Hall–Kier alpha value is -2.60. The Labute approximate surface area is 140 Å². The van der Waals surface area contributed by atoms with E-state index >= 15 is 0 Å². The molecule has 0 unspecified atom stereocenters. The number of hydrogen-bond acceptors (Lipinski definition) is 6. The fourth-order valence-electron chi connectivity index (χ4n) is 3.14. The minimum atomic E-state index is 0.283. The second-order valence-corrected chi connectivity index (χ2v) is 6.09. The van der Waals surface area contributed by atoms with Crippen LogP contribution in [0.4, 0.5) is 0 Å². The molecule has 6 heteroatoms. The number of hydrogen-bond donors (Lipinski definition) is 0. The van der Waals surface area contributed by atoms with Crippen molar-refractivity contribution in [2.24, 2.45) is 0 Å². The van der Waals surface area contributed by atoms with Gasteiger partial charge in [0.2, 0.25) is 5.89 Å². The van der Waals surface area contributed by atoms with Crippen LogP contribution in [0.2, 0.25) is 0 Å². The molecule has 0 bridgehead atoms. The molecule has 1 aliphatic rings. The number of pyridine rings is 2. The molecule has 0 N–H and O–H groups in total. The van der Waals surface area contributed by atoms with Crippen molar-refractivity contribution in [3.8, 4) is 11.6 Å². The molecular weight excluding hydrogens is 302 g/mol. The van der Waals surface area contributed by atoms with Gasteiger partial charge in [-0.15, -0.1) is 10.2 Å². The summed E-state index contributed by atoms with van der Waals surface area (Å²) in [4.78, 5) is 10.8. The van der Waals surface area contributed by atoms with E-state index in [1.165, 1.54) is 5.56 Å². The summed E-state index contributed by atoms with van der Waals surface area (Å²) in [5, 5.41) is 8.43. The van der Waals surface area contributed by atoms with Crippen molar-refractivity contribution in [2.75, 3.05) is 13.1 Å². The average Bonchev–Trinajstić information content (AvgIpc) is 3.14. The topological polar surface area (TPSA) is 67.9 Å². The summed E-state index contributed by atoms with van der Waals surface area (Å²) in [6, 6.07) is 9.81. The van der Waals surface area contributed by atoms with Crippen LogP contribution < -0.4 is 0 Å². The third-order valence-electron chi connectivity index (χ3n) is 4.33. The van der Waals surface area contributed by atoms with Crippen molar-refractivity contribution in [1.82, 2.24) is 25.1 Å². The fourth-order valence-corrected chi connectivity index (χ4v) is 3.14. The quantitative estimate of drug-likeness (QED) is 0.736. The lowest BCUT2D eigenvalue weighted by atomic mass is 9.97. The molecule has 24 heavy (non-hydrogen) atoms. The highest BCUT2D eigenvalue weighted by Gasteiger charge is 2.26. The van der Waals surface area contributed by atoms with E-state index in [9.17, 15) is 0 Å². The molecule has 4 rings (SSSR count). The Bertz CT molecular complexity index is 774. The molecule has 0 amide bonds. The van der Waals surface area contributed by atoms with Gasteiger partial charge in [-0.05, 0) is 49.2 Å². The second kappa shape index (κ2) is 6.88. The van der Waals surface area contributed by atoms with E-state index < -0.39 is 0 Å². The maximum absolute atomic E-state index is 5.89. The van der Waals surface area contributed by atoms with E-state index in [1.54, 1.807) is 6.20 Å². The molecule has 122 valence electrons. The predicted molar refractivity (Wildman–Crippen MR) is 89.0 cm³/mol. The Morgan fingerprint density at radius 1 is 1.08 bits per heavy atom. The lowest BCUT2D eigenvalue weighted by Crippen LogP contribution is -2.34. The number of aromatic nitrogens is 4. The molecular formula is C18H19N5O. The minimum absolute atomic E-state index is 0.283. The van der Waals surface area contributed by atoms with Crippen LogP contribution in [0.5, 0.6) is 0 Å². The molecule has 0 radical (unpaired) electrons. The molecule has 3 aromatic heterocycles. The highest BCUT2D eigenvalue weighted by molar-refractivity contribution is 5.45. The van der Waals surface area contributed by atoms with Gasteiger partial charge in [0.1, 0.15) is 5.69 Å². The van der Waals surface area contributed by atoms with E-state index in [-0.39, 0.29) is 5.92 Å². The number of likely N-dealkylation sites (tertiary alicyclic amines) is 1. The van der Waals surface area contributed by atoms with Gasteiger partial charge >= 0.3 is 0 Å². The van der Waals surface area contributed by atoms with Crippen LogP contribution in [0.3, 0.4) is 0 Å². The molecule has 1 aliphatic heterocycles. The Balaban J connectivity index is 1.45. The van der Waals surface area contributed by atoms with Crippen molar-refractivity contribution in [3.63, 3.8) is 0 Å². The van der Waals surface area contributed by atoms with Gasteiger partial charge in [0.15, 0.2) is 0 Å². The first-order valence-electron chi connectivity index (χ1n) is 8.24. The standard InChI is InChI=1S/C18H19N5O/c1-2-8-20-16(5-1)18-22-21-17(24-18)15-4-3-11-23(13-15)12-14-6-9-19-10-7-14/h1-2,5-10,15H,3-4,11-13H2/t15-/m0/s1. The molecule has 0 saturated carbocycles. The van der Waals surface area contributed by atoms with E-state index in [1.807, 2.05) is 30.6 Å². The average molecular weight is 321 g/mol. The van der Waals surface area contributed by atoms with E-state index in [0.717, 1.165) is 44.1 Å². The maximum Gasteiger partial charge on any atom is 0.266 e. The zero-order chi connectivity index (χ0) is 16.2. The first kappa shape index (κ1) is 15.0. The van der Waals surface area contributed by atoms with Gasteiger partial charge < -0.3 is 4.42 Å². The van der Waals surface area contributed by atoms with Crippen molar-refractivity contribution in [3.05, 3.63) is 60.4 Å². The summed E-state index contributed by atoms with van der Waals surface area (Å²) >= 11 is 0. The van der Waals surface area contributed by atoms with Gasteiger partial charge in [-0.25, -0.2) is 0 Å². The number of piperidine rings is 1. The molecule has 6 nitrogen and oxygen atoms in total. The summed E-state index contributed by atoms with van der Waals surface area (Å²) in [5.74, 6) is 1.50. The first-order valence-corrected chi connectivity index (χ1v) is 8.24. The maximum atomic E-state index is 5.89. The minimum Gasteiger partial charge on any atom is -0.419 e. The summed E-state index contributed by atoms with van der Waals surface area (Å²) in [5.41, 5.74) is 2.01. The Morgan fingerprint density at radius 3 is 2.83 bits per heavy atom. The lowest BCUT2D eigenvalue weighted by Gasteiger charge is -2.30. The van der Waals surface area contributed by atoms with Gasteiger partial charge in [-0.1, -0.05) is 6.07 Å². The Morgan fingerprint density at radius 2 is 2.00 bits per heavy atom. The summed E-state index contributed by atoms with van der Waals surface area (Å²) in [6.07, 6.45) is 7.63. The smallest absolute Gasteiger partial charge is 0.266 e. The first-order chi connectivity index (χ1) is 11.9. The van der Waals surface area contributed by atoms with Crippen LogP contribution in [-0.4, -0.2) is 38.2 Å². The SMILES string of the molecule is c1ccc(-c2nnc([C@H]3CCCN(Cc4ccncc4)C3)o2)nc1. The number of nitrogens with zero attached hydrogens (tertiary/aromatic N) is 5. The van der Waals surface area contributed by atoms with E-state index in [4.69, 9.17) is 4.42 Å². The molecule has 1 atom stereocenters. The van der Waals surface area contributed by atoms with Gasteiger partial charge in [-0.2, -0.15) is 0 Å². The van der Waals surface area contributed by atoms with Crippen LogP contribution in [0.25, 0.3) is 11.6 Å². The summed E-state index contributed by atoms with van der Waals surface area (Å²) < 4.78 is 5.89. The van der Waals surface area contributed by atoms with Crippen molar-refractivity contribution < 1.29 is 4.42 Å². The molecule has 0 aromatic carbocycles. The third kappa shape index (κ3) is 3.33. The third-order valence-corrected chi connectivity index (χ3v) is 4.33. The largest absolute Gasteiger partial charge is 0.419 e. The van der Waals surface area contributed by atoms with Crippen LogP contribution in [0.1, 0.15) is 30.2 Å². The monoisotopic (exact) mass is 321 g/mol. The molecule has 0 aliphatic carbocycles. The summed E-state index contributed by atoms with van der Waals surface area (Å²) in [6.45, 7) is 2.96. The molecule has 1 fully saturated rings.